The van der Waals surface area contributed by atoms with Crippen LogP contribution in [0.3, 0.4) is 0 Å². The van der Waals surface area contributed by atoms with Gasteiger partial charge >= 0.3 is 0 Å². The molecule has 8 nitrogen and oxygen atoms in total. The zero-order valence-corrected chi connectivity index (χ0v) is 21.2. The Balaban J connectivity index is 1.51. The van der Waals surface area contributed by atoms with Crippen molar-refractivity contribution in [1.29, 1.82) is 0 Å². The Morgan fingerprint density at radius 1 is 1.17 bits per heavy atom. The molecule has 0 bridgehead atoms. The van der Waals surface area contributed by atoms with Crippen LogP contribution in [0.2, 0.25) is 0 Å². The Morgan fingerprint density at radius 2 is 1.89 bits per heavy atom. The molecule has 1 aromatic heterocycles. The van der Waals surface area contributed by atoms with Gasteiger partial charge in [-0.05, 0) is 45.2 Å². The lowest BCUT2D eigenvalue weighted by atomic mass is 9.97. The first-order valence-electron chi connectivity index (χ1n) is 12.0. The van der Waals surface area contributed by atoms with Gasteiger partial charge in [0.15, 0.2) is 0 Å². The van der Waals surface area contributed by atoms with Crippen molar-refractivity contribution in [3.8, 4) is 11.4 Å². The van der Waals surface area contributed by atoms with Crippen LogP contribution in [-0.4, -0.2) is 52.8 Å². The number of carbonyl (C=O) groups excluding carboxylic acids is 1. The lowest BCUT2D eigenvalue weighted by molar-refractivity contribution is -0.140. The summed E-state index contributed by atoms with van der Waals surface area (Å²) in [5, 5.41) is 4.07. The molecule has 2 heterocycles. The molecule has 2 atom stereocenters. The molecule has 1 amide bonds. The highest BCUT2D eigenvalue weighted by Crippen LogP contribution is 2.27. The second kappa shape index (κ2) is 10.7. The van der Waals surface area contributed by atoms with Crippen LogP contribution in [0.5, 0.6) is 0 Å². The number of rotatable bonds is 8. The van der Waals surface area contributed by atoms with Gasteiger partial charge in [-0.2, -0.15) is 9.29 Å². The number of aromatic nitrogens is 2. The molecule has 0 N–H and O–H groups in total. The number of piperidine rings is 1. The highest BCUT2D eigenvalue weighted by Gasteiger charge is 2.36. The first-order valence-corrected chi connectivity index (χ1v) is 13.5. The predicted octanol–water partition coefficient (Wildman–Crippen LogP) is 4.27. The molecule has 0 unspecified atom stereocenters. The van der Waals surface area contributed by atoms with Crippen molar-refractivity contribution in [2.45, 2.75) is 57.5 Å². The molecule has 0 radical (unpaired) electrons. The van der Waals surface area contributed by atoms with Crippen LogP contribution < -0.4 is 0 Å². The molecule has 9 heteroatoms. The number of hydrogen-bond donors (Lipinski definition) is 0. The fraction of sp³-hybridized carbons (Fsp3) is 0.423. The van der Waals surface area contributed by atoms with E-state index >= 15 is 0 Å². The van der Waals surface area contributed by atoms with E-state index in [2.05, 4.69) is 10.1 Å². The van der Waals surface area contributed by atoms with Crippen molar-refractivity contribution < 1.29 is 17.7 Å². The molecular formula is C26H32N4O4S. The average molecular weight is 497 g/mol. The molecule has 0 spiro atoms. The SMILES string of the molecule is CC[C@H](C)N(Cc1nc(-c2ccccc2)no1)C(=O)[C@H]1CCCN(S(=O)(=O)c2ccc(C)cc2)C1. The third-order valence-electron chi connectivity index (χ3n) is 6.60. The second-order valence-electron chi connectivity index (χ2n) is 9.12. The maximum atomic E-state index is 13.6. The van der Waals surface area contributed by atoms with Crippen molar-refractivity contribution in [2.75, 3.05) is 13.1 Å². The first kappa shape index (κ1) is 25.1. The van der Waals surface area contributed by atoms with E-state index in [4.69, 9.17) is 4.52 Å². The Morgan fingerprint density at radius 3 is 2.57 bits per heavy atom. The minimum atomic E-state index is -3.66. The van der Waals surface area contributed by atoms with E-state index in [0.29, 0.717) is 31.1 Å². The van der Waals surface area contributed by atoms with E-state index < -0.39 is 15.9 Å². The molecule has 1 fully saturated rings. The quantitative estimate of drug-likeness (QED) is 0.462. The van der Waals surface area contributed by atoms with Crippen molar-refractivity contribution in [2.24, 2.45) is 5.92 Å². The standard InChI is InChI=1S/C26H32N4O4S/c1-4-20(3)30(18-24-27-25(28-34-24)21-9-6-5-7-10-21)26(31)22-11-8-16-29(17-22)35(32,33)23-14-12-19(2)13-15-23/h5-7,9-10,12-15,20,22H,4,8,11,16-18H2,1-3H3/t20-,22-/m0/s1. The largest absolute Gasteiger partial charge is 0.337 e. The smallest absolute Gasteiger partial charge is 0.246 e. The van der Waals surface area contributed by atoms with Crippen LogP contribution in [-0.2, 0) is 21.4 Å². The Labute approximate surface area is 207 Å². The molecule has 0 saturated carbocycles. The maximum absolute atomic E-state index is 13.6. The molecular weight excluding hydrogens is 464 g/mol. The van der Waals surface area contributed by atoms with Crippen LogP contribution >= 0.6 is 0 Å². The minimum absolute atomic E-state index is 0.0568. The topological polar surface area (TPSA) is 96.6 Å². The van der Waals surface area contributed by atoms with Crippen molar-refractivity contribution in [3.63, 3.8) is 0 Å². The second-order valence-corrected chi connectivity index (χ2v) is 11.1. The summed E-state index contributed by atoms with van der Waals surface area (Å²) in [6.07, 6.45) is 2.03. The molecule has 1 aliphatic heterocycles. The Kier molecular flexibility index (Phi) is 7.66. The van der Waals surface area contributed by atoms with E-state index in [0.717, 1.165) is 17.5 Å². The average Bonchev–Trinajstić information content (AvgIpc) is 3.36. The van der Waals surface area contributed by atoms with E-state index in [1.54, 1.807) is 29.2 Å². The first-order chi connectivity index (χ1) is 16.8. The number of hydrogen-bond acceptors (Lipinski definition) is 6. The van der Waals surface area contributed by atoms with E-state index in [-0.39, 0.29) is 29.9 Å². The van der Waals surface area contributed by atoms with Crippen LogP contribution in [0.1, 0.15) is 44.6 Å². The van der Waals surface area contributed by atoms with E-state index in [1.165, 1.54) is 4.31 Å². The summed E-state index contributed by atoms with van der Waals surface area (Å²) >= 11 is 0. The third kappa shape index (κ3) is 5.62. The third-order valence-corrected chi connectivity index (χ3v) is 8.48. The minimum Gasteiger partial charge on any atom is -0.337 e. The number of aryl methyl sites for hydroxylation is 1. The predicted molar refractivity (Wildman–Crippen MR) is 133 cm³/mol. The number of nitrogens with zero attached hydrogens (tertiary/aromatic N) is 4. The molecule has 3 aromatic rings. The van der Waals surface area contributed by atoms with Gasteiger partial charge < -0.3 is 9.42 Å². The van der Waals surface area contributed by atoms with Crippen molar-refractivity contribution in [3.05, 3.63) is 66.1 Å². The molecule has 186 valence electrons. The summed E-state index contributed by atoms with van der Waals surface area (Å²) in [6, 6.07) is 16.3. The molecule has 4 rings (SSSR count). The number of benzene rings is 2. The van der Waals surface area contributed by atoms with Crippen LogP contribution in [0.15, 0.2) is 64.0 Å². The zero-order valence-electron chi connectivity index (χ0n) is 20.4. The number of amides is 1. The lowest BCUT2D eigenvalue weighted by Gasteiger charge is -2.36. The number of carbonyl (C=O) groups is 1. The van der Waals surface area contributed by atoms with E-state index in [1.807, 2.05) is 51.1 Å². The monoisotopic (exact) mass is 496 g/mol. The highest BCUT2D eigenvalue weighted by atomic mass is 32.2. The van der Waals surface area contributed by atoms with Gasteiger partial charge in [0.25, 0.3) is 0 Å². The summed E-state index contributed by atoms with van der Waals surface area (Å²) in [5.41, 5.74) is 1.84. The fourth-order valence-corrected chi connectivity index (χ4v) is 5.82. The summed E-state index contributed by atoms with van der Waals surface area (Å²) in [6.45, 7) is 6.68. The van der Waals surface area contributed by atoms with Gasteiger partial charge in [-0.3, -0.25) is 4.79 Å². The number of sulfonamides is 1. The molecule has 1 aliphatic rings. The van der Waals surface area contributed by atoms with Crippen LogP contribution in [0.25, 0.3) is 11.4 Å². The summed E-state index contributed by atoms with van der Waals surface area (Å²) in [4.78, 5) is 20.1. The molecule has 2 aromatic carbocycles. The van der Waals surface area contributed by atoms with Gasteiger partial charge in [-0.1, -0.05) is 60.1 Å². The van der Waals surface area contributed by atoms with E-state index in [9.17, 15) is 13.2 Å². The molecule has 0 aliphatic carbocycles. The normalized spacial score (nSPS) is 17.7. The Hall–Kier alpha value is -3.04. The van der Waals surface area contributed by atoms with Crippen molar-refractivity contribution >= 4 is 15.9 Å². The van der Waals surface area contributed by atoms with Gasteiger partial charge in [0, 0.05) is 24.7 Å². The highest BCUT2D eigenvalue weighted by molar-refractivity contribution is 7.89. The molecule has 1 saturated heterocycles. The van der Waals surface area contributed by atoms with Crippen LogP contribution in [0.4, 0.5) is 0 Å². The van der Waals surface area contributed by atoms with Gasteiger partial charge in [0.05, 0.1) is 10.8 Å². The van der Waals surface area contributed by atoms with Gasteiger partial charge in [-0.25, -0.2) is 8.42 Å². The summed E-state index contributed by atoms with van der Waals surface area (Å²) < 4.78 is 33.4. The Bertz CT molecular complexity index is 1240. The van der Waals surface area contributed by atoms with Crippen LogP contribution in [0, 0.1) is 12.8 Å². The maximum Gasteiger partial charge on any atom is 0.246 e. The van der Waals surface area contributed by atoms with Gasteiger partial charge in [0.2, 0.25) is 27.6 Å². The van der Waals surface area contributed by atoms with Crippen molar-refractivity contribution in [1.82, 2.24) is 19.3 Å². The lowest BCUT2D eigenvalue weighted by Crippen LogP contribution is -2.48. The molecule has 35 heavy (non-hydrogen) atoms. The summed E-state index contributed by atoms with van der Waals surface area (Å²) in [7, 11) is -3.66. The fourth-order valence-electron chi connectivity index (χ4n) is 4.30. The zero-order chi connectivity index (χ0) is 25.0. The van der Waals surface area contributed by atoms with Gasteiger partial charge in [0.1, 0.15) is 6.54 Å². The summed E-state index contributed by atoms with van der Waals surface area (Å²) in [5.74, 6) is 0.333. The van der Waals surface area contributed by atoms with Gasteiger partial charge in [-0.15, -0.1) is 0 Å².